The van der Waals surface area contributed by atoms with E-state index in [2.05, 4.69) is 5.48 Å². The lowest BCUT2D eigenvalue weighted by molar-refractivity contribution is 0.0364. The second kappa shape index (κ2) is 7.72. The Kier molecular flexibility index (Phi) is 5.40. The third-order valence-electron chi connectivity index (χ3n) is 4.03. The van der Waals surface area contributed by atoms with Gasteiger partial charge in [0, 0.05) is 16.4 Å². The summed E-state index contributed by atoms with van der Waals surface area (Å²) in [6.07, 6.45) is 0. The molecule has 0 fully saturated rings. The number of nitrogens with one attached hydrogen (secondary N) is 1. The third-order valence-corrected chi connectivity index (χ3v) is 4.28. The molecule has 0 radical (unpaired) electrons. The minimum atomic E-state index is -0.333. The normalized spacial score (nSPS) is 10.8. The van der Waals surface area contributed by atoms with Gasteiger partial charge in [-0.05, 0) is 61.9 Å². The second-order valence-corrected chi connectivity index (χ2v) is 6.15. The molecule has 1 N–H and O–H groups in total. The average Bonchev–Trinajstić information content (AvgIpc) is 2.98. The molecule has 0 saturated heterocycles. The van der Waals surface area contributed by atoms with Crippen LogP contribution in [0.4, 0.5) is 4.39 Å². The van der Waals surface area contributed by atoms with E-state index in [9.17, 15) is 9.18 Å². The van der Waals surface area contributed by atoms with E-state index in [1.54, 1.807) is 37.3 Å². The van der Waals surface area contributed by atoms with Crippen LogP contribution in [0.3, 0.4) is 0 Å². The van der Waals surface area contributed by atoms with E-state index in [1.165, 1.54) is 12.1 Å². The van der Waals surface area contributed by atoms with E-state index in [0.717, 1.165) is 22.6 Å². The number of aromatic nitrogens is 1. The molecule has 0 unspecified atom stereocenters. The molecule has 1 amide bonds. The van der Waals surface area contributed by atoms with Gasteiger partial charge in [-0.25, -0.2) is 9.87 Å². The highest BCUT2D eigenvalue weighted by Crippen LogP contribution is 2.30. The van der Waals surface area contributed by atoms with Crippen molar-refractivity contribution in [2.24, 2.45) is 0 Å². The first-order valence-corrected chi connectivity index (χ1v) is 8.55. The molecule has 0 saturated carbocycles. The van der Waals surface area contributed by atoms with Gasteiger partial charge in [-0.3, -0.25) is 9.63 Å². The average molecular weight is 373 g/mol. The van der Waals surface area contributed by atoms with E-state index < -0.39 is 0 Å². The van der Waals surface area contributed by atoms with Crippen molar-refractivity contribution in [3.05, 3.63) is 76.7 Å². The molecular weight excluding hydrogens is 355 g/mol. The molecule has 3 rings (SSSR count). The second-order valence-electron chi connectivity index (χ2n) is 5.71. The number of rotatable bonds is 5. The number of hydrogen-bond acceptors (Lipinski definition) is 2. The number of amides is 1. The molecule has 2 aromatic carbocycles. The minimum Gasteiger partial charge on any atom is -0.313 e. The lowest BCUT2D eigenvalue weighted by atomic mass is 10.1. The molecule has 0 aliphatic rings. The van der Waals surface area contributed by atoms with Gasteiger partial charge in [0.15, 0.2) is 0 Å². The maximum absolute atomic E-state index is 13.3. The van der Waals surface area contributed by atoms with E-state index in [0.29, 0.717) is 17.2 Å². The van der Waals surface area contributed by atoms with Gasteiger partial charge in [-0.2, -0.15) is 0 Å². The van der Waals surface area contributed by atoms with Crippen LogP contribution in [0.15, 0.2) is 54.6 Å². The standard InChI is InChI=1S/C20H18ClFN2O2/c1-3-26-23-20(25)18-12-19(14-4-6-15(21)7-5-14)24(13(18)2)17-10-8-16(22)9-11-17/h4-12H,3H2,1-2H3,(H,23,25). The summed E-state index contributed by atoms with van der Waals surface area (Å²) in [4.78, 5) is 17.5. The molecule has 26 heavy (non-hydrogen) atoms. The highest BCUT2D eigenvalue weighted by atomic mass is 35.5. The molecule has 1 aromatic heterocycles. The maximum Gasteiger partial charge on any atom is 0.276 e. The molecule has 0 aliphatic carbocycles. The Bertz CT molecular complexity index is 918. The smallest absolute Gasteiger partial charge is 0.276 e. The molecule has 3 aromatic rings. The van der Waals surface area contributed by atoms with Crippen molar-refractivity contribution in [2.45, 2.75) is 13.8 Å². The van der Waals surface area contributed by atoms with E-state index in [4.69, 9.17) is 16.4 Å². The summed E-state index contributed by atoms with van der Waals surface area (Å²) in [5, 5.41) is 0.625. The minimum absolute atomic E-state index is 0.319. The van der Waals surface area contributed by atoms with Gasteiger partial charge in [-0.15, -0.1) is 0 Å². The Labute approximate surface area is 156 Å². The highest BCUT2D eigenvalue weighted by molar-refractivity contribution is 6.30. The zero-order valence-electron chi connectivity index (χ0n) is 14.4. The number of carbonyl (C=O) groups excluding carboxylic acids is 1. The van der Waals surface area contributed by atoms with Crippen LogP contribution in [0.5, 0.6) is 0 Å². The number of benzene rings is 2. The Morgan fingerprint density at radius 3 is 2.42 bits per heavy atom. The van der Waals surface area contributed by atoms with Crippen LogP contribution in [0.25, 0.3) is 16.9 Å². The van der Waals surface area contributed by atoms with E-state index in [-0.39, 0.29) is 11.7 Å². The molecular formula is C20H18ClFN2O2. The van der Waals surface area contributed by atoms with Gasteiger partial charge in [0.25, 0.3) is 5.91 Å². The van der Waals surface area contributed by atoms with Gasteiger partial charge < -0.3 is 4.57 Å². The van der Waals surface area contributed by atoms with Crippen LogP contribution in [0, 0.1) is 12.7 Å². The summed E-state index contributed by atoms with van der Waals surface area (Å²) in [6, 6.07) is 15.2. The Morgan fingerprint density at radius 1 is 1.15 bits per heavy atom. The Balaban J connectivity index is 2.15. The summed E-state index contributed by atoms with van der Waals surface area (Å²) in [6.45, 7) is 3.99. The van der Waals surface area contributed by atoms with Crippen molar-refractivity contribution in [1.82, 2.24) is 10.0 Å². The molecule has 0 bridgehead atoms. The van der Waals surface area contributed by atoms with Crippen molar-refractivity contribution in [1.29, 1.82) is 0 Å². The number of halogens is 2. The first-order valence-electron chi connectivity index (χ1n) is 8.17. The molecule has 0 atom stereocenters. The van der Waals surface area contributed by atoms with E-state index >= 15 is 0 Å². The predicted molar refractivity (Wildman–Crippen MR) is 100 cm³/mol. The summed E-state index contributed by atoms with van der Waals surface area (Å²) in [5.74, 6) is -0.652. The fourth-order valence-electron chi connectivity index (χ4n) is 2.79. The van der Waals surface area contributed by atoms with Crippen molar-refractivity contribution in [3.8, 4) is 16.9 Å². The molecule has 1 heterocycles. The first kappa shape index (κ1) is 18.2. The lowest BCUT2D eigenvalue weighted by Crippen LogP contribution is -2.24. The van der Waals surface area contributed by atoms with Crippen molar-refractivity contribution in [2.75, 3.05) is 6.61 Å². The molecule has 0 spiro atoms. The predicted octanol–water partition coefficient (Wildman–Crippen LogP) is 4.93. The SMILES string of the molecule is CCONC(=O)c1cc(-c2ccc(Cl)cc2)n(-c2ccc(F)cc2)c1C. The van der Waals surface area contributed by atoms with Crippen LogP contribution < -0.4 is 5.48 Å². The molecule has 6 heteroatoms. The molecule has 4 nitrogen and oxygen atoms in total. The molecule has 0 aliphatic heterocycles. The number of hydroxylamine groups is 1. The maximum atomic E-state index is 13.3. The Hall–Kier alpha value is -2.63. The quantitative estimate of drug-likeness (QED) is 0.645. The van der Waals surface area contributed by atoms with Gasteiger partial charge in [0.05, 0.1) is 17.9 Å². The third kappa shape index (κ3) is 3.64. The van der Waals surface area contributed by atoms with E-state index in [1.807, 2.05) is 23.6 Å². The van der Waals surface area contributed by atoms with Gasteiger partial charge in [0.1, 0.15) is 5.82 Å². The summed E-state index contributed by atoms with van der Waals surface area (Å²) in [7, 11) is 0. The first-order chi connectivity index (χ1) is 12.5. The zero-order valence-corrected chi connectivity index (χ0v) is 15.2. The van der Waals surface area contributed by atoms with Crippen molar-refractivity contribution < 1.29 is 14.0 Å². The van der Waals surface area contributed by atoms with Crippen molar-refractivity contribution >= 4 is 17.5 Å². The number of nitrogens with zero attached hydrogens (tertiary/aromatic N) is 1. The monoisotopic (exact) mass is 372 g/mol. The fourth-order valence-corrected chi connectivity index (χ4v) is 2.91. The van der Waals surface area contributed by atoms with Gasteiger partial charge in [0.2, 0.25) is 0 Å². The van der Waals surface area contributed by atoms with Gasteiger partial charge in [-0.1, -0.05) is 23.7 Å². The largest absolute Gasteiger partial charge is 0.313 e. The zero-order chi connectivity index (χ0) is 18.7. The van der Waals surface area contributed by atoms with Crippen LogP contribution >= 0.6 is 11.6 Å². The summed E-state index contributed by atoms with van der Waals surface area (Å²) in [5.41, 5.74) is 6.06. The fraction of sp³-hybridized carbons (Fsp3) is 0.150. The summed E-state index contributed by atoms with van der Waals surface area (Å²) >= 11 is 5.99. The number of hydrogen-bond donors (Lipinski definition) is 1. The topological polar surface area (TPSA) is 43.3 Å². The summed E-state index contributed by atoms with van der Waals surface area (Å²) < 4.78 is 15.2. The van der Waals surface area contributed by atoms with Gasteiger partial charge >= 0.3 is 0 Å². The van der Waals surface area contributed by atoms with Crippen LogP contribution in [0.1, 0.15) is 23.0 Å². The van der Waals surface area contributed by atoms with Crippen LogP contribution in [-0.2, 0) is 4.84 Å². The highest BCUT2D eigenvalue weighted by Gasteiger charge is 2.19. The van der Waals surface area contributed by atoms with Crippen molar-refractivity contribution in [3.63, 3.8) is 0 Å². The number of carbonyl (C=O) groups is 1. The Morgan fingerprint density at radius 2 is 1.81 bits per heavy atom. The van der Waals surface area contributed by atoms with Crippen LogP contribution in [0.2, 0.25) is 5.02 Å². The molecule has 134 valence electrons. The van der Waals surface area contributed by atoms with Crippen LogP contribution in [-0.4, -0.2) is 17.1 Å². The lowest BCUT2D eigenvalue weighted by Gasteiger charge is -2.12.